The van der Waals surface area contributed by atoms with Crippen LogP contribution in [-0.4, -0.2) is 332 Å². The number of pyridine rings is 2. The van der Waals surface area contributed by atoms with Gasteiger partial charge in [0, 0.05) is 118 Å². The number of rotatable bonds is 14. The van der Waals surface area contributed by atoms with Gasteiger partial charge in [-0.2, -0.15) is 37.0 Å². The summed E-state index contributed by atoms with van der Waals surface area (Å²) in [6.07, 6.45) is 25.6. The van der Waals surface area contributed by atoms with Crippen LogP contribution in [0.25, 0.3) is 0 Å². The van der Waals surface area contributed by atoms with Gasteiger partial charge in [0.05, 0.1) is 58.1 Å². The number of thiazole rings is 2. The summed E-state index contributed by atoms with van der Waals surface area (Å²) in [6.45, 7) is 32.5. The number of carbonyl (C=O) groups is 4. The Labute approximate surface area is 857 Å². The molecule has 38 nitrogen and oxygen atoms in total. The first-order valence-corrected chi connectivity index (χ1v) is 59.5. The molecule has 0 bridgehead atoms. The largest absolute Gasteiger partial charge is 1.00 e. The van der Waals surface area contributed by atoms with Gasteiger partial charge in [0.2, 0.25) is 9.05 Å². The molecule has 4 aromatic rings. The summed E-state index contributed by atoms with van der Waals surface area (Å²) in [7, 11) is -13.6. The van der Waals surface area contributed by atoms with E-state index in [-0.39, 0.29) is 111 Å². The molecule has 4 aromatic heterocycles. The van der Waals surface area contributed by atoms with Crippen LogP contribution in [0, 0.1) is 22.7 Å². The Balaban J connectivity index is 0. The summed E-state index contributed by atoms with van der Waals surface area (Å²) < 4.78 is 156. The summed E-state index contributed by atoms with van der Waals surface area (Å²) in [5.41, 5.74) is 0.242. The molecule has 11 rings (SSSR count). The average molecular weight is 2170 g/mol. The van der Waals surface area contributed by atoms with Crippen LogP contribution in [0.15, 0.2) is 49.1 Å². The number of likely N-dealkylation sites (tertiary alicyclic amines) is 5. The van der Waals surface area contributed by atoms with Crippen LogP contribution in [-0.2, 0) is 107 Å². The van der Waals surface area contributed by atoms with E-state index in [4.69, 9.17) is 45.3 Å². The molecule has 0 radical (unpaired) electrons. The van der Waals surface area contributed by atoms with Crippen molar-refractivity contribution >= 4 is 187 Å². The van der Waals surface area contributed by atoms with Gasteiger partial charge >= 0.3 is 53.9 Å². The van der Waals surface area contributed by atoms with Crippen molar-refractivity contribution in [1.82, 2.24) is 55.1 Å². The van der Waals surface area contributed by atoms with Gasteiger partial charge in [0.15, 0.2) is 10.3 Å². The van der Waals surface area contributed by atoms with E-state index in [0.29, 0.717) is 133 Å². The number of piperidine rings is 7. The Kier molecular flexibility index (Phi) is 62.0. The summed E-state index contributed by atoms with van der Waals surface area (Å²) in [5, 5.41) is 40.4. The standard InChI is InChI=1S/C16H19N5O2S2.C11H21NO5S.C11H21NO4S.C11H21NO2S.C10H7ClN4S.C10H19NO3.2C6H13NO2S.CH3ClO2S.CH4S.ClH.Na.H2O/c1-25(22,23)14-3-6-21(7-4-14)11-12-2-5-18-15(8-12)20-16-19-10-13(9-17)24-16;1-11(2,3)16-10(13)12-7-5-9(6-8-12)17-18(4,14)15;1-11(2,3)16-10(13)12-7-5-9(6-8-12)17(4,14)15;1-11(2,3)14-10(13)12-7-5-9(15-4)6-8-12;11-4-7-1-2-13-9(3-7)15-10-14-6-8(5-12)16-10;1-10(2,3)14-9(13)11-6-4-8(12)5-7-11;2*1-10(8,9)6-2-4-7-5-3-6;1-5(2,3)4;1-2;;;/h2,5,8,10,14H,3-4,6-7,11H2,1H3,(H,18,19,20);9H,5-8H2,1-4H3;9H,5-8H2,1-4H3;9H,5-8H2,1-4H3;1-3,6H,4H2,(H,13,14,15);8,12H,4-7H2,1-3H3;2*6-7H,2-5H2,1H3;1H3;2H,1H3;1H;;1H2/q;;;;;;;;;;;+1;/p-1. The summed E-state index contributed by atoms with van der Waals surface area (Å²) in [4.78, 5) is 73.3. The molecule has 4 amide bonds. The molecule has 135 heavy (non-hydrogen) atoms. The average Bonchev–Trinajstić information content (AvgIpc) is 1.65. The molecule has 7 aliphatic rings. The number of alkyl halides is 1. The third kappa shape index (κ3) is 61.6. The number of sulfone groups is 4. The molecule has 0 spiro atoms. The van der Waals surface area contributed by atoms with Crippen molar-refractivity contribution in [1.29, 1.82) is 10.5 Å². The number of aliphatic hydroxyl groups excluding tert-OH is 1. The second kappa shape index (κ2) is 63.3. The zero-order chi connectivity index (χ0) is 100. The second-order valence-electron chi connectivity index (χ2n) is 35.9. The fraction of sp³-hybridized carbons (Fsp3) is 0.735. The Bertz CT molecular complexity index is 4920. The minimum atomic E-state index is -3.42. The van der Waals surface area contributed by atoms with Crippen molar-refractivity contribution in [2.75, 3.05) is 152 Å². The monoisotopic (exact) mass is 2170 g/mol. The maximum absolute atomic E-state index is 11.8. The van der Waals surface area contributed by atoms with Gasteiger partial charge in [0.1, 0.15) is 95.3 Å². The molecule has 52 heteroatoms. The predicted octanol–water partition coefficient (Wildman–Crippen LogP) is 8.49. The van der Waals surface area contributed by atoms with Gasteiger partial charge in [0.25, 0.3) is 10.1 Å². The molecule has 0 aromatic carbocycles. The van der Waals surface area contributed by atoms with E-state index in [1.54, 1.807) is 33.3 Å². The molecule has 0 atom stereocenters. The normalized spacial score (nSPS) is 17.1. The number of hydrogen-bond acceptors (Lipinski definition) is 37. The number of thioether (sulfide) groups is 1. The van der Waals surface area contributed by atoms with E-state index in [2.05, 4.69) is 81.7 Å². The third-order valence-electron chi connectivity index (χ3n) is 19.5. The molecule has 0 aliphatic carbocycles. The summed E-state index contributed by atoms with van der Waals surface area (Å²) in [5.74, 6) is 1.80. The zero-order valence-electron chi connectivity index (χ0n) is 81.6. The molecular formula is C83H143Cl3N15NaO23S10. The van der Waals surface area contributed by atoms with Gasteiger partial charge in [-0.25, -0.2) is 81.2 Å². The number of aliphatic hydroxyl groups is 1. The van der Waals surface area contributed by atoms with Crippen LogP contribution >= 0.6 is 69.1 Å². The number of halogens is 3. The molecule has 11 heterocycles. The van der Waals surface area contributed by atoms with Crippen LogP contribution in [0.2, 0.25) is 0 Å². The topological polar surface area (TPSA) is 534 Å². The first-order valence-electron chi connectivity index (χ1n) is 42.9. The Morgan fingerprint density at radius 2 is 0.778 bits per heavy atom. The van der Waals surface area contributed by atoms with Gasteiger partial charge in [-0.1, -0.05) is 22.7 Å². The quantitative estimate of drug-likeness (QED) is 0.0197. The minimum Gasteiger partial charge on any atom is -0.796 e. The smallest absolute Gasteiger partial charge is 0.796 e. The molecule has 0 unspecified atom stereocenters. The number of nitrogens with zero attached hydrogens (tertiary/aromatic N) is 11. The van der Waals surface area contributed by atoms with Crippen LogP contribution < -0.4 is 50.8 Å². The van der Waals surface area contributed by atoms with Crippen molar-refractivity contribution in [2.24, 2.45) is 0 Å². The molecule has 7 aliphatic heterocycles. The number of ether oxygens (including phenoxy) is 4. The maximum atomic E-state index is 11.8. The van der Waals surface area contributed by atoms with E-state index in [1.165, 1.54) is 60.1 Å². The SMILES string of the molecule is CC(C)(C)OC(=O)N1CCC(O)CC1.CC(C)(C)OC(=O)N1CCC(OS(C)(=O)=O)CC1.CC(C)(C)OC(=O)N1CCC(S(C)(=O)=O)CC1.CS(=O)(=O)C1CCN(Cc2ccnc(Nc3ncc(C#N)s3)c2)CC1.CS(=O)(=O)C1CCNCC1.CS(=O)(=O)C1CCNCC1.CS(=O)(=O)Cl.CSC1CCN(C(=O)OC(C)(C)C)CC1.C[S-].Cl.N#Cc1cnc(Nc2cc(CCl)ccn2)s1.O.[Na+]. The van der Waals surface area contributed by atoms with E-state index in [0.717, 1.165) is 121 Å². The van der Waals surface area contributed by atoms with Crippen molar-refractivity contribution in [3.05, 3.63) is 69.9 Å². The first kappa shape index (κ1) is 132. The number of nitrogens with one attached hydrogen (secondary N) is 4. The van der Waals surface area contributed by atoms with Crippen molar-refractivity contribution in [3.63, 3.8) is 0 Å². The Morgan fingerprint density at radius 1 is 0.496 bits per heavy atom. The van der Waals surface area contributed by atoms with E-state index >= 15 is 0 Å². The van der Waals surface area contributed by atoms with Crippen LogP contribution in [0.5, 0.6) is 0 Å². The van der Waals surface area contributed by atoms with Gasteiger partial charge < -0.3 is 83.0 Å². The molecular weight excluding hydrogens is 2030 g/mol. The molecule has 0 saturated carbocycles. The minimum absolute atomic E-state index is 0. The number of carbonyl (C=O) groups excluding carboxylic acids is 4. The second-order valence-corrected chi connectivity index (χ2v) is 53.3. The first-order chi connectivity index (χ1) is 60.9. The van der Waals surface area contributed by atoms with Crippen LogP contribution in [0.4, 0.5) is 41.1 Å². The van der Waals surface area contributed by atoms with Crippen LogP contribution in [0.1, 0.15) is 194 Å². The van der Waals surface area contributed by atoms with Gasteiger partial charge in [-0.3, -0.25) is 9.08 Å². The summed E-state index contributed by atoms with van der Waals surface area (Å²) >= 11 is 14.3. The van der Waals surface area contributed by atoms with Gasteiger partial charge in [-0.15, -0.1) is 24.0 Å². The fourth-order valence-corrected chi connectivity index (χ4v) is 20.0. The Morgan fingerprint density at radius 3 is 1.05 bits per heavy atom. The Hall–Kier alpha value is -4.75. The number of nitriles is 2. The van der Waals surface area contributed by atoms with E-state index in [9.17, 15) is 74.8 Å². The predicted molar refractivity (Wildman–Crippen MR) is 538 cm³/mol. The zero-order valence-corrected chi connectivity index (χ0v) is 94.1. The number of hydrogen-bond donors (Lipinski definition) is 5. The van der Waals surface area contributed by atoms with Crippen LogP contribution in [0.3, 0.4) is 0 Å². The van der Waals surface area contributed by atoms with Crippen molar-refractivity contribution < 1.29 is 133 Å². The van der Waals surface area contributed by atoms with Gasteiger partial charge in [-0.05, 0) is 254 Å². The molecule has 7 saturated heterocycles. The van der Waals surface area contributed by atoms with Crippen molar-refractivity contribution in [3.8, 4) is 12.1 Å². The number of amides is 4. The summed E-state index contributed by atoms with van der Waals surface area (Å²) in [6, 6.07) is 11.7. The molecule has 7 N–H and O–H groups in total. The van der Waals surface area contributed by atoms with E-state index in [1.807, 2.05) is 130 Å². The molecule has 770 valence electrons. The fourth-order valence-electron chi connectivity index (χ4n) is 12.9. The van der Waals surface area contributed by atoms with Crippen molar-refractivity contribution in [2.45, 2.75) is 246 Å². The maximum Gasteiger partial charge on any atom is 1.00 e. The third-order valence-corrected chi connectivity index (χ3v) is 29.9. The number of anilines is 4. The van der Waals surface area contributed by atoms with E-state index < -0.39 is 75.3 Å². The number of aromatic nitrogens is 4. The molecule has 7 fully saturated rings.